The van der Waals surface area contributed by atoms with E-state index in [1.54, 1.807) is 10.4 Å². The van der Waals surface area contributed by atoms with Gasteiger partial charge in [-0.2, -0.15) is 0 Å². The number of ether oxygens (including phenoxy) is 1. The zero-order chi connectivity index (χ0) is 13.8. The van der Waals surface area contributed by atoms with Gasteiger partial charge in [-0.05, 0) is 56.4 Å². The molecule has 2 heterocycles. The second-order valence-electron chi connectivity index (χ2n) is 5.79. The van der Waals surface area contributed by atoms with Gasteiger partial charge in [-0.3, -0.25) is 0 Å². The lowest BCUT2D eigenvalue weighted by atomic mass is 10.1. The summed E-state index contributed by atoms with van der Waals surface area (Å²) < 4.78 is 5.83. The SMILES string of the molecule is CCCNC(C1=CCCO1)c1cc2c(s1)CCCCC2. The Kier molecular flexibility index (Phi) is 4.79. The molecule has 2 aliphatic rings. The quantitative estimate of drug-likeness (QED) is 0.814. The molecule has 0 fully saturated rings. The minimum Gasteiger partial charge on any atom is -0.496 e. The first kappa shape index (κ1) is 14.2. The molecular formula is C17H25NOS. The summed E-state index contributed by atoms with van der Waals surface area (Å²) >= 11 is 2.01. The van der Waals surface area contributed by atoms with Gasteiger partial charge in [0.05, 0.1) is 12.6 Å². The van der Waals surface area contributed by atoms with Crippen molar-refractivity contribution >= 4 is 11.3 Å². The van der Waals surface area contributed by atoms with Crippen LogP contribution in [0.1, 0.15) is 60.4 Å². The molecule has 1 unspecified atom stereocenters. The predicted octanol–water partition coefficient (Wildman–Crippen LogP) is 4.36. The monoisotopic (exact) mass is 291 g/mol. The van der Waals surface area contributed by atoms with Gasteiger partial charge in [0.1, 0.15) is 5.76 Å². The van der Waals surface area contributed by atoms with Crippen LogP contribution in [0.2, 0.25) is 0 Å². The van der Waals surface area contributed by atoms with Gasteiger partial charge in [-0.1, -0.05) is 13.3 Å². The van der Waals surface area contributed by atoms with Gasteiger partial charge in [0.15, 0.2) is 0 Å². The predicted molar refractivity (Wildman–Crippen MR) is 85.3 cm³/mol. The Labute approximate surface area is 126 Å². The molecule has 110 valence electrons. The second-order valence-corrected chi connectivity index (χ2v) is 6.96. The molecule has 1 aromatic rings. The van der Waals surface area contributed by atoms with Crippen LogP contribution in [-0.2, 0) is 17.6 Å². The highest BCUT2D eigenvalue weighted by atomic mass is 32.1. The van der Waals surface area contributed by atoms with E-state index in [-0.39, 0.29) is 6.04 Å². The van der Waals surface area contributed by atoms with Crippen molar-refractivity contribution in [2.75, 3.05) is 13.2 Å². The molecule has 1 aliphatic heterocycles. The molecule has 3 rings (SSSR count). The van der Waals surface area contributed by atoms with Crippen LogP contribution in [0.25, 0.3) is 0 Å². The molecular weight excluding hydrogens is 266 g/mol. The maximum Gasteiger partial charge on any atom is 0.114 e. The fourth-order valence-corrected chi connectivity index (χ4v) is 4.44. The molecule has 1 N–H and O–H groups in total. The molecule has 1 atom stereocenters. The van der Waals surface area contributed by atoms with Crippen molar-refractivity contribution in [3.63, 3.8) is 0 Å². The lowest BCUT2D eigenvalue weighted by Gasteiger charge is -2.18. The molecule has 0 saturated heterocycles. The van der Waals surface area contributed by atoms with Crippen molar-refractivity contribution in [2.24, 2.45) is 0 Å². The lowest BCUT2D eigenvalue weighted by molar-refractivity contribution is 0.216. The van der Waals surface area contributed by atoms with Crippen molar-refractivity contribution < 1.29 is 4.74 Å². The van der Waals surface area contributed by atoms with Gasteiger partial charge in [0, 0.05) is 16.2 Å². The molecule has 2 nitrogen and oxygen atoms in total. The van der Waals surface area contributed by atoms with Crippen LogP contribution in [0, 0.1) is 0 Å². The van der Waals surface area contributed by atoms with Gasteiger partial charge < -0.3 is 10.1 Å². The third-order valence-electron chi connectivity index (χ3n) is 4.17. The maximum absolute atomic E-state index is 5.83. The van der Waals surface area contributed by atoms with Gasteiger partial charge >= 0.3 is 0 Å². The molecule has 0 aromatic carbocycles. The largest absolute Gasteiger partial charge is 0.496 e. The molecule has 0 amide bonds. The first-order chi connectivity index (χ1) is 9.88. The minimum atomic E-state index is 0.286. The highest BCUT2D eigenvalue weighted by Crippen LogP contribution is 2.36. The first-order valence-corrected chi connectivity index (χ1v) is 8.88. The average molecular weight is 291 g/mol. The van der Waals surface area contributed by atoms with Crippen LogP contribution in [0.3, 0.4) is 0 Å². The number of rotatable bonds is 5. The van der Waals surface area contributed by atoms with Crippen LogP contribution in [0.5, 0.6) is 0 Å². The van der Waals surface area contributed by atoms with Gasteiger partial charge in [0.25, 0.3) is 0 Å². The van der Waals surface area contributed by atoms with Crippen molar-refractivity contribution in [2.45, 2.75) is 57.9 Å². The van der Waals surface area contributed by atoms with E-state index >= 15 is 0 Å². The van der Waals surface area contributed by atoms with Crippen LogP contribution in [-0.4, -0.2) is 13.2 Å². The first-order valence-electron chi connectivity index (χ1n) is 8.06. The van der Waals surface area contributed by atoms with E-state index in [9.17, 15) is 0 Å². The molecule has 1 aliphatic carbocycles. The average Bonchev–Trinajstić information content (AvgIpc) is 3.06. The van der Waals surface area contributed by atoms with E-state index in [4.69, 9.17) is 4.74 Å². The number of hydrogen-bond donors (Lipinski definition) is 1. The Morgan fingerprint density at radius 3 is 3.00 bits per heavy atom. The second kappa shape index (κ2) is 6.77. The highest BCUT2D eigenvalue weighted by Gasteiger charge is 2.24. The third-order valence-corrected chi connectivity index (χ3v) is 5.47. The lowest BCUT2D eigenvalue weighted by Crippen LogP contribution is -2.23. The molecule has 0 bridgehead atoms. The van der Waals surface area contributed by atoms with Gasteiger partial charge in [-0.15, -0.1) is 11.3 Å². The molecule has 3 heteroatoms. The van der Waals surface area contributed by atoms with E-state index < -0.39 is 0 Å². The minimum absolute atomic E-state index is 0.286. The van der Waals surface area contributed by atoms with Crippen molar-refractivity contribution in [1.82, 2.24) is 5.32 Å². The topological polar surface area (TPSA) is 21.3 Å². The number of nitrogens with one attached hydrogen (secondary N) is 1. The number of aryl methyl sites for hydroxylation is 2. The molecule has 0 spiro atoms. The maximum atomic E-state index is 5.83. The van der Waals surface area contributed by atoms with Crippen molar-refractivity contribution in [3.05, 3.63) is 33.2 Å². The summed E-state index contributed by atoms with van der Waals surface area (Å²) in [5.74, 6) is 1.15. The fraction of sp³-hybridized carbons (Fsp3) is 0.647. The molecule has 0 radical (unpaired) electrons. The van der Waals surface area contributed by atoms with Gasteiger partial charge in [0.2, 0.25) is 0 Å². The molecule has 1 aromatic heterocycles. The van der Waals surface area contributed by atoms with Crippen molar-refractivity contribution in [1.29, 1.82) is 0 Å². The number of hydrogen-bond acceptors (Lipinski definition) is 3. The van der Waals surface area contributed by atoms with E-state index in [0.717, 1.165) is 31.8 Å². The smallest absolute Gasteiger partial charge is 0.114 e. The van der Waals surface area contributed by atoms with Crippen LogP contribution >= 0.6 is 11.3 Å². The standard InChI is InChI=1S/C17H25NOS/c1-2-10-18-17(14-8-6-11-19-14)16-12-13-7-4-3-5-9-15(13)20-16/h8,12,17-18H,2-7,9-11H2,1H3. The summed E-state index contributed by atoms with van der Waals surface area (Å²) in [6.07, 6.45) is 11.1. The summed E-state index contributed by atoms with van der Waals surface area (Å²) in [5.41, 5.74) is 1.60. The summed E-state index contributed by atoms with van der Waals surface area (Å²) in [4.78, 5) is 3.08. The summed E-state index contributed by atoms with van der Waals surface area (Å²) in [6.45, 7) is 4.12. The Morgan fingerprint density at radius 2 is 2.20 bits per heavy atom. The number of fused-ring (bicyclic) bond motifs is 1. The molecule has 0 saturated carbocycles. The van der Waals surface area contributed by atoms with E-state index in [0.29, 0.717) is 0 Å². The zero-order valence-electron chi connectivity index (χ0n) is 12.4. The van der Waals surface area contributed by atoms with Crippen LogP contribution in [0.15, 0.2) is 17.9 Å². The zero-order valence-corrected chi connectivity index (χ0v) is 13.2. The Morgan fingerprint density at radius 1 is 1.30 bits per heavy atom. The number of thiophene rings is 1. The summed E-state index contributed by atoms with van der Waals surface area (Å²) in [6, 6.07) is 2.73. The van der Waals surface area contributed by atoms with Crippen molar-refractivity contribution in [3.8, 4) is 0 Å². The Hall–Kier alpha value is -0.800. The fourth-order valence-electron chi connectivity index (χ4n) is 3.10. The Bertz CT molecular complexity index is 454. The van der Waals surface area contributed by atoms with E-state index in [2.05, 4.69) is 24.4 Å². The third kappa shape index (κ3) is 3.09. The summed E-state index contributed by atoms with van der Waals surface area (Å²) in [5, 5.41) is 3.67. The van der Waals surface area contributed by atoms with E-state index in [1.165, 1.54) is 37.0 Å². The molecule has 20 heavy (non-hydrogen) atoms. The normalized spacial score (nSPS) is 19.9. The van der Waals surface area contributed by atoms with Crippen LogP contribution in [0.4, 0.5) is 0 Å². The summed E-state index contributed by atoms with van der Waals surface area (Å²) in [7, 11) is 0. The van der Waals surface area contributed by atoms with Gasteiger partial charge in [-0.25, -0.2) is 0 Å². The Balaban J connectivity index is 1.82. The van der Waals surface area contributed by atoms with Crippen LogP contribution < -0.4 is 5.32 Å². The highest BCUT2D eigenvalue weighted by molar-refractivity contribution is 7.12. The van der Waals surface area contributed by atoms with E-state index in [1.807, 2.05) is 11.3 Å².